The molecule has 134 valence electrons. The van der Waals surface area contributed by atoms with Gasteiger partial charge in [-0.3, -0.25) is 9.59 Å². The summed E-state index contributed by atoms with van der Waals surface area (Å²) in [6, 6.07) is 0. The third kappa shape index (κ3) is 24.7. The maximum atomic E-state index is 10.3. The van der Waals surface area contributed by atoms with Gasteiger partial charge in [0.25, 0.3) is 0 Å². The number of hydrogen-bond donors (Lipinski definition) is 4. The Balaban J connectivity index is -0.0000000257. The van der Waals surface area contributed by atoms with Crippen LogP contribution in [0, 0.1) is 0 Å². The zero-order valence-electron chi connectivity index (χ0n) is 9.93. The zero-order chi connectivity index (χ0) is 10.6. The van der Waals surface area contributed by atoms with Gasteiger partial charge in [-0.1, -0.05) is 0 Å². The zero-order valence-corrected chi connectivity index (χ0v) is 9.93. The van der Waals surface area contributed by atoms with Crippen LogP contribution in [0.25, 0.3) is 0 Å². The third-order valence-corrected chi connectivity index (χ3v) is 1.29. The van der Waals surface area contributed by atoms with Crippen LogP contribution in [0.1, 0.15) is 12.8 Å². The Hall–Kier alpha value is -0.650. The fourth-order valence-electron chi connectivity index (χ4n) is 0.714. The molecule has 0 heterocycles. The number of aliphatic carboxylic acids is 3. The normalized spacial score (nSPS) is 6.71. The molecule has 0 radical (unpaired) electrons. The van der Waals surface area contributed by atoms with Crippen molar-refractivity contribution in [3.05, 3.63) is 0 Å². The summed E-state index contributed by atoms with van der Waals surface area (Å²) >= 11 is 0. The molecular formula is C6H24CaO14. The Morgan fingerprint density at radius 2 is 0.857 bits per heavy atom. The van der Waals surface area contributed by atoms with Gasteiger partial charge < -0.3 is 58.8 Å². The van der Waals surface area contributed by atoms with Crippen LogP contribution in [0.4, 0.5) is 0 Å². The van der Waals surface area contributed by atoms with E-state index in [1.165, 1.54) is 0 Å². The van der Waals surface area contributed by atoms with E-state index in [9.17, 15) is 14.4 Å². The van der Waals surface area contributed by atoms with Gasteiger partial charge in [0.1, 0.15) is 0 Å². The molecule has 0 bridgehead atoms. The molecule has 0 aliphatic heterocycles. The molecule has 0 aliphatic rings. The number of rotatable bonds is 5. The molecule has 0 amide bonds. The summed E-state index contributed by atoms with van der Waals surface area (Å²) in [5.41, 5.74) is -2.74. The van der Waals surface area contributed by atoms with Crippen LogP contribution >= 0.6 is 0 Å². The molecule has 0 fully saturated rings. The molecule has 0 aromatic heterocycles. The van der Waals surface area contributed by atoms with Gasteiger partial charge in [-0.05, 0) is 0 Å². The van der Waals surface area contributed by atoms with Crippen molar-refractivity contribution in [3.63, 3.8) is 0 Å². The van der Waals surface area contributed by atoms with E-state index >= 15 is 0 Å². The monoisotopic (exact) mass is 360 g/mol. The molecule has 0 aromatic carbocycles. The average Bonchev–Trinajstić information content (AvgIpc) is 1.82. The van der Waals surface area contributed by atoms with Crippen LogP contribution in [-0.4, -0.2) is 120 Å². The quantitative estimate of drug-likeness (QED) is 0.342. The molecule has 0 rings (SSSR count). The minimum absolute atomic E-state index is 0. The topological polar surface area (TPSA) is 353 Å². The van der Waals surface area contributed by atoms with Gasteiger partial charge in [-0.25, -0.2) is 4.79 Å². The molecule has 14 nitrogen and oxygen atoms in total. The van der Waals surface area contributed by atoms with E-state index in [1.807, 2.05) is 0 Å². The van der Waals surface area contributed by atoms with Gasteiger partial charge in [0.05, 0.1) is 12.8 Å². The van der Waals surface area contributed by atoms with Crippen molar-refractivity contribution in [2.75, 3.05) is 0 Å². The van der Waals surface area contributed by atoms with Crippen molar-refractivity contribution in [2.24, 2.45) is 0 Å². The molecule has 0 saturated heterocycles. The molecule has 18 N–H and O–H groups in total. The number of carboxylic acids is 3. The first-order valence-corrected chi connectivity index (χ1v) is 3.17. The second kappa shape index (κ2) is 24.4. The van der Waals surface area contributed by atoms with Gasteiger partial charge in [0, 0.05) is 0 Å². The third-order valence-electron chi connectivity index (χ3n) is 1.29. The summed E-state index contributed by atoms with van der Waals surface area (Å²) in [4.78, 5) is 30.5. The maximum absolute atomic E-state index is 10.3. The Morgan fingerprint density at radius 3 is 0.952 bits per heavy atom. The number of aliphatic hydroxyl groups is 1. The molecule has 0 saturated carbocycles. The Labute approximate surface area is 147 Å². The number of hydrogen-bond acceptors (Lipinski definition) is 4. The van der Waals surface area contributed by atoms with Crippen LogP contribution in [0.15, 0.2) is 0 Å². The molecular weight excluding hydrogens is 336 g/mol. The van der Waals surface area contributed by atoms with Crippen molar-refractivity contribution >= 4 is 55.6 Å². The van der Waals surface area contributed by atoms with E-state index in [4.69, 9.17) is 20.4 Å². The van der Waals surface area contributed by atoms with Crippen LogP contribution in [-0.2, 0) is 14.4 Å². The first-order valence-electron chi connectivity index (χ1n) is 3.17. The van der Waals surface area contributed by atoms with Gasteiger partial charge in [0.2, 0.25) is 0 Å². The van der Waals surface area contributed by atoms with Crippen molar-refractivity contribution in [1.29, 1.82) is 0 Å². The van der Waals surface area contributed by atoms with Crippen molar-refractivity contribution in [3.8, 4) is 0 Å². The van der Waals surface area contributed by atoms with Crippen molar-refractivity contribution in [2.45, 2.75) is 18.4 Å². The molecule has 21 heavy (non-hydrogen) atoms. The van der Waals surface area contributed by atoms with E-state index in [1.54, 1.807) is 0 Å². The van der Waals surface area contributed by atoms with E-state index in [0.29, 0.717) is 0 Å². The van der Waals surface area contributed by atoms with Crippen LogP contribution < -0.4 is 0 Å². The van der Waals surface area contributed by atoms with Crippen LogP contribution in [0.5, 0.6) is 0 Å². The van der Waals surface area contributed by atoms with E-state index < -0.39 is 36.4 Å². The Morgan fingerprint density at radius 1 is 0.667 bits per heavy atom. The summed E-state index contributed by atoms with van der Waals surface area (Å²) in [5, 5.41) is 33.8. The summed E-state index contributed by atoms with van der Waals surface area (Å²) < 4.78 is 0. The van der Waals surface area contributed by atoms with Crippen molar-refractivity contribution < 1.29 is 73.1 Å². The second-order valence-electron chi connectivity index (χ2n) is 2.48. The van der Waals surface area contributed by atoms with Crippen LogP contribution in [0.2, 0.25) is 0 Å². The van der Waals surface area contributed by atoms with Crippen LogP contribution in [0.3, 0.4) is 0 Å². The predicted octanol–water partition coefficient (Wildman–Crippen LogP) is -7.94. The molecule has 0 aromatic rings. The average molecular weight is 360 g/mol. The minimum atomic E-state index is -2.74. The van der Waals surface area contributed by atoms with E-state index in [0.717, 1.165) is 0 Å². The van der Waals surface area contributed by atoms with E-state index in [-0.39, 0.29) is 76.1 Å². The molecule has 0 unspecified atom stereocenters. The molecule has 0 spiro atoms. The first-order chi connectivity index (χ1) is 5.78. The number of carbonyl (C=O) groups is 3. The summed E-state index contributed by atoms with van der Waals surface area (Å²) in [6.45, 7) is 0. The molecule has 0 aliphatic carbocycles. The summed E-state index contributed by atoms with van der Waals surface area (Å²) in [5.74, 6) is -5.02. The predicted molar refractivity (Wildman–Crippen MR) is 70.9 cm³/mol. The SMILES string of the molecule is O.O.O.O.O.O.O.O=C(O)CC(O)(CC(=O)O)C(=O)O.[CaH2]. The number of carboxylic acid groups (broad SMARTS) is 3. The molecule has 15 heteroatoms. The van der Waals surface area contributed by atoms with Gasteiger partial charge in [-0.2, -0.15) is 0 Å². The summed E-state index contributed by atoms with van der Waals surface area (Å²) in [7, 11) is 0. The molecule has 0 atom stereocenters. The van der Waals surface area contributed by atoms with Gasteiger partial charge in [-0.15, -0.1) is 0 Å². The first kappa shape index (κ1) is 59.1. The van der Waals surface area contributed by atoms with Gasteiger partial charge >= 0.3 is 55.6 Å². The Kier molecular flexibility index (Phi) is 68.6. The van der Waals surface area contributed by atoms with Crippen molar-refractivity contribution in [1.82, 2.24) is 0 Å². The summed E-state index contributed by atoms with van der Waals surface area (Å²) in [6.07, 6.45) is -2.29. The second-order valence-corrected chi connectivity index (χ2v) is 2.48. The standard InChI is InChI=1S/C6H8O7.Ca.7H2O.2H/c7-3(8)1-6(13,5(11)12)2-4(9)10;;;;;;;;;;/h13H,1-2H2,(H,7,8)(H,9,10)(H,11,12);;7*1H2;;. The van der Waals surface area contributed by atoms with Gasteiger partial charge in [0.15, 0.2) is 5.60 Å². The fourth-order valence-corrected chi connectivity index (χ4v) is 0.714. The Bertz CT molecular complexity index is 238. The van der Waals surface area contributed by atoms with E-state index in [2.05, 4.69) is 0 Å². The fraction of sp³-hybridized carbons (Fsp3) is 0.500.